The van der Waals surface area contributed by atoms with E-state index in [0.717, 1.165) is 0 Å². The SMILES string of the molecule is COC(=O)c1c(OC)ccnc1O[C@@H]1CC[C@@H](C)N(C(=O)c2cccc(F)c2-c2noc(C)n2)C1. The molecule has 1 aromatic carbocycles. The van der Waals surface area contributed by atoms with Crippen LogP contribution < -0.4 is 9.47 Å². The largest absolute Gasteiger partial charge is 0.496 e. The summed E-state index contributed by atoms with van der Waals surface area (Å²) in [6.45, 7) is 3.69. The zero-order chi connectivity index (χ0) is 25.1. The zero-order valence-electron chi connectivity index (χ0n) is 19.8. The van der Waals surface area contributed by atoms with E-state index in [1.165, 1.54) is 44.7 Å². The number of nitrogens with zero attached hydrogens (tertiary/aromatic N) is 4. The van der Waals surface area contributed by atoms with E-state index >= 15 is 0 Å². The van der Waals surface area contributed by atoms with Crippen LogP contribution in [0.3, 0.4) is 0 Å². The third kappa shape index (κ3) is 4.79. The van der Waals surface area contributed by atoms with Gasteiger partial charge in [0.15, 0.2) is 5.56 Å². The number of aromatic nitrogens is 3. The maximum atomic E-state index is 14.8. The van der Waals surface area contributed by atoms with Gasteiger partial charge in [-0.25, -0.2) is 14.2 Å². The van der Waals surface area contributed by atoms with E-state index in [1.54, 1.807) is 11.8 Å². The molecule has 1 saturated heterocycles. The Morgan fingerprint density at radius 3 is 2.69 bits per heavy atom. The van der Waals surface area contributed by atoms with Crippen molar-refractivity contribution in [3.05, 3.63) is 53.3 Å². The zero-order valence-corrected chi connectivity index (χ0v) is 19.8. The molecule has 0 spiro atoms. The summed E-state index contributed by atoms with van der Waals surface area (Å²) in [5.41, 5.74) is 0.161. The Labute approximate surface area is 201 Å². The highest BCUT2D eigenvalue weighted by Gasteiger charge is 2.34. The maximum absolute atomic E-state index is 14.8. The van der Waals surface area contributed by atoms with Gasteiger partial charge >= 0.3 is 5.97 Å². The first-order chi connectivity index (χ1) is 16.8. The molecule has 4 rings (SSSR count). The quantitative estimate of drug-likeness (QED) is 0.485. The molecule has 0 unspecified atom stereocenters. The minimum atomic E-state index is -0.651. The molecule has 0 N–H and O–H groups in total. The highest BCUT2D eigenvalue weighted by Crippen LogP contribution is 2.31. The number of carbonyl (C=O) groups is 2. The van der Waals surface area contributed by atoms with Crippen LogP contribution in [0.15, 0.2) is 35.0 Å². The fourth-order valence-corrected chi connectivity index (χ4v) is 4.07. The van der Waals surface area contributed by atoms with Crippen LogP contribution in [0, 0.1) is 12.7 Å². The highest BCUT2D eigenvalue weighted by atomic mass is 19.1. The summed E-state index contributed by atoms with van der Waals surface area (Å²) in [5, 5.41) is 3.79. The van der Waals surface area contributed by atoms with E-state index in [1.807, 2.05) is 6.92 Å². The van der Waals surface area contributed by atoms with Gasteiger partial charge in [0.25, 0.3) is 5.91 Å². The van der Waals surface area contributed by atoms with Gasteiger partial charge in [-0.1, -0.05) is 11.2 Å². The number of hydrogen-bond donors (Lipinski definition) is 0. The molecule has 35 heavy (non-hydrogen) atoms. The summed E-state index contributed by atoms with van der Waals surface area (Å²) < 4.78 is 35.9. The van der Waals surface area contributed by atoms with Crippen molar-refractivity contribution in [2.45, 2.75) is 38.8 Å². The number of piperidine rings is 1. The second-order valence-corrected chi connectivity index (χ2v) is 8.11. The van der Waals surface area contributed by atoms with Gasteiger partial charge in [-0.15, -0.1) is 0 Å². The molecule has 0 aliphatic carbocycles. The summed E-state index contributed by atoms with van der Waals surface area (Å²) in [6, 6.07) is 5.63. The molecule has 11 heteroatoms. The molecule has 0 radical (unpaired) electrons. The first-order valence-corrected chi connectivity index (χ1v) is 11.0. The number of pyridine rings is 1. The van der Waals surface area contributed by atoms with Crippen LogP contribution in [-0.2, 0) is 4.74 Å². The van der Waals surface area contributed by atoms with Gasteiger partial charge in [0.2, 0.25) is 17.6 Å². The average Bonchev–Trinajstić information content (AvgIpc) is 3.29. The van der Waals surface area contributed by atoms with Crippen LogP contribution in [-0.4, -0.2) is 64.8 Å². The molecule has 1 aliphatic rings. The fraction of sp³-hybridized carbons (Fsp3) is 0.375. The van der Waals surface area contributed by atoms with Crippen LogP contribution in [0.25, 0.3) is 11.4 Å². The number of hydrogen-bond acceptors (Lipinski definition) is 9. The first kappa shape index (κ1) is 24.1. The molecular formula is C24H25FN4O6. The van der Waals surface area contributed by atoms with Gasteiger partial charge in [0.05, 0.1) is 31.9 Å². The number of ether oxygens (including phenoxy) is 3. The summed E-state index contributed by atoms with van der Waals surface area (Å²) in [7, 11) is 2.68. The summed E-state index contributed by atoms with van der Waals surface area (Å²) in [4.78, 5) is 35.8. The van der Waals surface area contributed by atoms with Crippen molar-refractivity contribution in [3.63, 3.8) is 0 Å². The van der Waals surface area contributed by atoms with Gasteiger partial charge in [0, 0.05) is 19.2 Å². The van der Waals surface area contributed by atoms with Gasteiger partial charge < -0.3 is 23.6 Å². The highest BCUT2D eigenvalue weighted by molar-refractivity contribution is 6.00. The van der Waals surface area contributed by atoms with E-state index < -0.39 is 23.8 Å². The Bertz CT molecular complexity index is 1250. The second kappa shape index (κ2) is 10.1. The molecule has 1 fully saturated rings. The Morgan fingerprint density at radius 1 is 1.20 bits per heavy atom. The third-order valence-corrected chi connectivity index (χ3v) is 5.86. The Kier molecular flexibility index (Phi) is 6.94. The molecule has 2 atom stereocenters. The molecule has 184 valence electrons. The molecular weight excluding hydrogens is 459 g/mol. The number of amides is 1. The average molecular weight is 484 g/mol. The monoisotopic (exact) mass is 484 g/mol. The lowest BCUT2D eigenvalue weighted by atomic mass is 9.98. The van der Waals surface area contributed by atoms with E-state index in [9.17, 15) is 14.0 Å². The summed E-state index contributed by atoms with van der Waals surface area (Å²) >= 11 is 0. The van der Waals surface area contributed by atoms with Crippen LogP contribution in [0.4, 0.5) is 4.39 Å². The number of carbonyl (C=O) groups excluding carboxylic acids is 2. The number of aryl methyl sites for hydroxylation is 1. The first-order valence-electron chi connectivity index (χ1n) is 11.0. The van der Waals surface area contributed by atoms with Gasteiger partial charge in [0.1, 0.15) is 17.7 Å². The van der Waals surface area contributed by atoms with Crippen molar-refractivity contribution in [3.8, 4) is 23.0 Å². The topological polar surface area (TPSA) is 117 Å². The molecule has 1 aliphatic heterocycles. The molecule has 3 aromatic rings. The Balaban J connectivity index is 1.62. The van der Waals surface area contributed by atoms with Crippen molar-refractivity contribution < 1.29 is 32.7 Å². The molecule has 2 aromatic heterocycles. The van der Waals surface area contributed by atoms with Crippen LogP contribution in [0.1, 0.15) is 46.4 Å². The van der Waals surface area contributed by atoms with Gasteiger partial charge in [-0.2, -0.15) is 4.98 Å². The third-order valence-electron chi connectivity index (χ3n) is 5.86. The molecule has 1 amide bonds. The molecule has 3 heterocycles. The normalized spacial score (nSPS) is 17.7. The lowest BCUT2D eigenvalue weighted by Gasteiger charge is -2.38. The van der Waals surface area contributed by atoms with E-state index in [0.29, 0.717) is 12.8 Å². The van der Waals surface area contributed by atoms with Crippen molar-refractivity contribution in [1.82, 2.24) is 20.0 Å². The van der Waals surface area contributed by atoms with Crippen molar-refractivity contribution in [2.75, 3.05) is 20.8 Å². The predicted octanol–water partition coefficient (Wildman–Crippen LogP) is 3.45. The number of rotatable bonds is 6. The number of likely N-dealkylation sites (tertiary alicyclic amines) is 1. The second-order valence-electron chi connectivity index (χ2n) is 8.11. The number of esters is 1. The molecule has 0 saturated carbocycles. The van der Waals surface area contributed by atoms with Gasteiger partial charge in [-0.05, 0) is 38.0 Å². The van der Waals surface area contributed by atoms with Crippen molar-refractivity contribution in [1.29, 1.82) is 0 Å². The molecule has 0 bridgehead atoms. The van der Waals surface area contributed by atoms with Crippen molar-refractivity contribution in [2.24, 2.45) is 0 Å². The number of benzene rings is 1. The van der Waals surface area contributed by atoms with Crippen LogP contribution in [0.2, 0.25) is 0 Å². The minimum Gasteiger partial charge on any atom is -0.496 e. The fourth-order valence-electron chi connectivity index (χ4n) is 4.07. The van der Waals surface area contributed by atoms with Crippen LogP contribution in [0.5, 0.6) is 11.6 Å². The van der Waals surface area contributed by atoms with E-state index in [2.05, 4.69) is 15.1 Å². The molecule has 10 nitrogen and oxygen atoms in total. The Morgan fingerprint density at radius 2 is 2.00 bits per heavy atom. The summed E-state index contributed by atoms with van der Waals surface area (Å²) in [5.74, 6) is -1.09. The van der Waals surface area contributed by atoms with Crippen LogP contribution >= 0.6 is 0 Å². The maximum Gasteiger partial charge on any atom is 0.347 e. The number of halogens is 1. The lowest BCUT2D eigenvalue weighted by molar-refractivity contribution is 0.0358. The Hall–Kier alpha value is -4.02. The van der Waals surface area contributed by atoms with E-state index in [4.69, 9.17) is 18.7 Å². The standard InChI is InChI=1S/C24H25FN4O6/c1-13-8-9-15(34-22-20(24(31)33-4)18(32-3)10-11-26-22)12-29(13)23(30)16-6-5-7-17(25)19(16)21-27-14(2)35-28-21/h5-7,10-11,13,15H,8-9,12H2,1-4H3/t13-,15-/m1/s1. The number of methoxy groups -OCH3 is 2. The van der Waals surface area contributed by atoms with E-state index in [-0.39, 0.29) is 52.6 Å². The van der Waals surface area contributed by atoms with Gasteiger partial charge in [-0.3, -0.25) is 4.79 Å². The van der Waals surface area contributed by atoms with Crippen molar-refractivity contribution >= 4 is 11.9 Å². The summed E-state index contributed by atoms with van der Waals surface area (Å²) in [6.07, 6.45) is 2.23. The smallest absolute Gasteiger partial charge is 0.347 e. The lowest BCUT2D eigenvalue weighted by Crippen LogP contribution is -2.49. The predicted molar refractivity (Wildman–Crippen MR) is 121 cm³/mol. The minimum absolute atomic E-state index is 0.00436.